The zero-order chi connectivity index (χ0) is 14.6. The molecule has 1 amide bonds. The van der Waals surface area contributed by atoms with Gasteiger partial charge in [0.1, 0.15) is 5.75 Å². The number of methoxy groups -OCH3 is 2. The lowest BCUT2D eigenvalue weighted by molar-refractivity contribution is -0.121. The highest BCUT2D eigenvalue weighted by molar-refractivity contribution is 5.75. The number of carbonyl (C=O) groups is 1. The van der Waals surface area contributed by atoms with Gasteiger partial charge in [-0.1, -0.05) is 12.1 Å². The zero-order valence-electron chi connectivity index (χ0n) is 12.3. The van der Waals surface area contributed by atoms with Crippen LogP contribution in [-0.4, -0.2) is 46.4 Å². The lowest BCUT2D eigenvalue weighted by Crippen LogP contribution is -2.30. The molecule has 1 rings (SSSR count). The maximum Gasteiger partial charge on any atom is 0.221 e. The zero-order valence-corrected chi connectivity index (χ0v) is 12.3. The highest BCUT2D eigenvalue weighted by Crippen LogP contribution is 2.12. The Balaban J connectivity index is 2.08. The molecule has 0 saturated carbocycles. The normalized spacial score (nSPS) is 10.3. The topological polar surface area (TPSA) is 59.6 Å². The number of ether oxygens (including phenoxy) is 2. The highest BCUT2D eigenvalue weighted by atomic mass is 16.5. The van der Waals surface area contributed by atoms with Gasteiger partial charge in [-0.15, -0.1) is 0 Å². The summed E-state index contributed by atoms with van der Waals surface area (Å²) < 4.78 is 10.0. The van der Waals surface area contributed by atoms with Crippen molar-refractivity contribution in [1.29, 1.82) is 0 Å². The number of hydrogen-bond donors (Lipinski definition) is 2. The molecule has 0 aliphatic rings. The van der Waals surface area contributed by atoms with Gasteiger partial charge in [-0.2, -0.15) is 0 Å². The van der Waals surface area contributed by atoms with E-state index < -0.39 is 0 Å². The Bertz CT molecular complexity index is 396. The van der Waals surface area contributed by atoms with E-state index in [1.807, 2.05) is 18.2 Å². The molecule has 0 heterocycles. The van der Waals surface area contributed by atoms with E-state index in [1.54, 1.807) is 14.2 Å². The Kier molecular flexibility index (Phi) is 8.42. The van der Waals surface area contributed by atoms with Crippen molar-refractivity contribution >= 4 is 5.91 Å². The van der Waals surface area contributed by atoms with Crippen molar-refractivity contribution in [2.75, 3.05) is 40.5 Å². The largest absolute Gasteiger partial charge is 0.497 e. The van der Waals surface area contributed by atoms with Gasteiger partial charge in [-0.25, -0.2) is 0 Å². The molecule has 0 saturated heterocycles. The average molecular weight is 280 g/mol. The molecule has 2 N–H and O–H groups in total. The summed E-state index contributed by atoms with van der Waals surface area (Å²) in [6.07, 6.45) is 1.41. The lowest BCUT2D eigenvalue weighted by Gasteiger charge is -2.07. The van der Waals surface area contributed by atoms with E-state index in [9.17, 15) is 4.79 Å². The number of rotatable bonds is 10. The fourth-order valence-corrected chi connectivity index (χ4v) is 1.77. The standard InChI is InChI=1S/C15H24N2O3/c1-19-11-10-17-15(18)7-9-16-8-6-13-4-3-5-14(12-13)20-2/h3-5,12,16H,6-11H2,1-2H3,(H,17,18). The third-order valence-electron chi connectivity index (χ3n) is 2.88. The van der Waals surface area contributed by atoms with Crippen LogP contribution in [0.2, 0.25) is 0 Å². The van der Waals surface area contributed by atoms with Crippen LogP contribution in [0.3, 0.4) is 0 Å². The summed E-state index contributed by atoms with van der Waals surface area (Å²) in [4.78, 5) is 11.4. The number of carbonyl (C=O) groups excluding carboxylic acids is 1. The van der Waals surface area contributed by atoms with E-state index in [-0.39, 0.29) is 5.91 Å². The number of benzene rings is 1. The van der Waals surface area contributed by atoms with Crippen molar-refractivity contribution in [2.24, 2.45) is 0 Å². The van der Waals surface area contributed by atoms with Crippen molar-refractivity contribution in [2.45, 2.75) is 12.8 Å². The molecule has 0 radical (unpaired) electrons. The van der Waals surface area contributed by atoms with E-state index in [2.05, 4.69) is 16.7 Å². The molecular weight excluding hydrogens is 256 g/mol. The van der Waals surface area contributed by atoms with Crippen molar-refractivity contribution < 1.29 is 14.3 Å². The van der Waals surface area contributed by atoms with E-state index in [1.165, 1.54) is 5.56 Å². The van der Waals surface area contributed by atoms with Gasteiger partial charge in [0.2, 0.25) is 5.91 Å². The number of amides is 1. The van der Waals surface area contributed by atoms with Crippen LogP contribution in [0.15, 0.2) is 24.3 Å². The van der Waals surface area contributed by atoms with Crippen molar-refractivity contribution in [3.63, 3.8) is 0 Å². The number of hydrogen-bond acceptors (Lipinski definition) is 4. The molecule has 1 aromatic rings. The molecule has 0 aromatic heterocycles. The summed E-state index contributed by atoms with van der Waals surface area (Å²) in [6.45, 7) is 2.65. The average Bonchev–Trinajstić information content (AvgIpc) is 2.47. The molecule has 0 aliphatic heterocycles. The molecule has 0 atom stereocenters. The summed E-state index contributed by atoms with van der Waals surface area (Å²) in [6, 6.07) is 8.01. The van der Waals surface area contributed by atoms with Gasteiger partial charge in [-0.05, 0) is 30.7 Å². The summed E-state index contributed by atoms with van der Waals surface area (Å²) in [5, 5.41) is 6.05. The molecule has 0 spiro atoms. The van der Waals surface area contributed by atoms with Crippen molar-refractivity contribution in [1.82, 2.24) is 10.6 Å². The Labute approximate surface area is 120 Å². The van der Waals surface area contributed by atoms with Gasteiger partial charge < -0.3 is 20.1 Å². The lowest BCUT2D eigenvalue weighted by atomic mass is 10.1. The minimum atomic E-state index is 0.0518. The van der Waals surface area contributed by atoms with E-state index in [0.717, 1.165) is 18.7 Å². The first-order chi connectivity index (χ1) is 9.76. The van der Waals surface area contributed by atoms with Crippen LogP contribution in [0.1, 0.15) is 12.0 Å². The third kappa shape index (κ3) is 7.11. The maximum absolute atomic E-state index is 11.4. The van der Waals surface area contributed by atoms with Crippen LogP contribution < -0.4 is 15.4 Å². The van der Waals surface area contributed by atoms with Gasteiger partial charge in [0, 0.05) is 26.6 Å². The molecule has 5 heteroatoms. The van der Waals surface area contributed by atoms with Crippen LogP contribution in [0.4, 0.5) is 0 Å². The van der Waals surface area contributed by atoms with E-state index in [0.29, 0.717) is 26.1 Å². The third-order valence-corrected chi connectivity index (χ3v) is 2.88. The van der Waals surface area contributed by atoms with Crippen LogP contribution in [0.5, 0.6) is 5.75 Å². The predicted octanol–water partition coefficient (Wildman–Crippen LogP) is 0.980. The monoisotopic (exact) mass is 280 g/mol. The minimum absolute atomic E-state index is 0.0518. The molecule has 0 aliphatic carbocycles. The van der Waals surface area contributed by atoms with Crippen LogP contribution in [0.25, 0.3) is 0 Å². The molecule has 0 fully saturated rings. The first kappa shape index (κ1) is 16.5. The first-order valence-electron chi connectivity index (χ1n) is 6.85. The van der Waals surface area contributed by atoms with Gasteiger partial charge in [0.15, 0.2) is 0 Å². The van der Waals surface area contributed by atoms with Gasteiger partial charge in [0.05, 0.1) is 13.7 Å². The fourth-order valence-electron chi connectivity index (χ4n) is 1.77. The summed E-state index contributed by atoms with van der Waals surface area (Å²) in [5.74, 6) is 0.927. The molecule has 1 aromatic carbocycles. The SMILES string of the molecule is COCCNC(=O)CCNCCc1cccc(OC)c1. The highest BCUT2D eigenvalue weighted by Gasteiger charge is 2.00. The summed E-state index contributed by atoms with van der Waals surface area (Å²) >= 11 is 0. The van der Waals surface area contributed by atoms with Gasteiger partial charge >= 0.3 is 0 Å². The predicted molar refractivity (Wildman–Crippen MR) is 79.1 cm³/mol. The molecule has 0 unspecified atom stereocenters. The van der Waals surface area contributed by atoms with Gasteiger partial charge in [-0.3, -0.25) is 4.79 Å². The van der Waals surface area contributed by atoms with Crippen molar-refractivity contribution in [3.05, 3.63) is 29.8 Å². The maximum atomic E-state index is 11.4. The van der Waals surface area contributed by atoms with E-state index >= 15 is 0 Å². The second-order valence-corrected chi connectivity index (χ2v) is 4.44. The molecular formula is C15H24N2O3. The van der Waals surface area contributed by atoms with Crippen LogP contribution >= 0.6 is 0 Å². The van der Waals surface area contributed by atoms with Gasteiger partial charge in [0.25, 0.3) is 0 Å². The smallest absolute Gasteiger partial charge is 0.221 e. The Morgan fingerprint density at radius 1 is 1.20 bits per heavy atom. The molecule has 112 valence electrons. The second-order valence-electron chi connectivity index (χ2n) is 4.44. The minimum Gasteiger partial charge on any atom is -0.497 e. The Morgan fingerprint density at radius 3 is 2.80 bits per heavy atom. The molecule has 0 bridgehead atoms. The van der Waals surface area contributed by atoms with Crippen molar-refractivity contribution in [3.8, 4) is 5.75 Å². The Hall–Kier alpha value is -1.59. The molecule has 5 nitrogen and oxygen atoms in total. The fraction of sp³-hybridized carbons (Fsp3) is 0.533. The second kappa shape index (κ2) is 10.2. The quantitative estimate of drug-likeness (QED) is 0.627. The first-order valence-corrected chi connectivity index (χ1v) is 6.85. The van der Waals surface area contributed by atoms with Crippen LogP contribution in [-0.2, 0) is 16.0 Å². The summed E-state index contributed by atoms with van der Waals surface area (Å²) in [7, 11) is 3.28. The van der Waals surface area contributed by atoms with E-state index in [4.69, 9.17) is 9.47 Å². The van der Waals surface area contributed by atoms with Crippen LogP contribution in [0, 0.1) is 0 Å². The summed E-state index contributed by atoms with van der Waals surface area (Å²) in [5.41, 5.74) is 1.22. The molecule has 20 heavy (non-hydrogen) atoms. The Morgan fingerprint density at radius 2 is 2.05 bits per heavy atom. The number of nitrogens with one attached hydrogen (secondary N) is 2.